The van der Waals surface area contributed by atoms with E-state index in [2.05, 4.69) is 10.3 Å². The van der Waals surface area contributed by atoms with E-state index in [4.69, 9.17) is 0 Å². The lowest BCUT2D eigenvalue weighted by Gasteiger charge is -2.10. The number of aromatic nitrogens is 1. The van der Waals surface area contributed by atoms with E-state index in [-0.39, 0.29) is 16.9 Å². The second-order valence-electron chi connectivity index (χ2n) is 3.02. The minimum Gasteiger partial charge on any atom is -0.366 e. The van der Waals surface area contributed by atoms with Gasteiger partial charge in [-0.1, -0.05) is 0 Å². The van der Waals surface area contributed by atoms with Crippen molar-refractivity contribution in [3.05, 3.63) is 24.1 Å². The summed E-state index contributed by atoms with van der Waals surface area (Å²) in [6.07, 6.45) is 3.14. The van der Waals surface area contributed by atoms with Crippen LogP contribution in [-0.4, -0.2) is 27.2 Å². The molecule has 0 radical (unpaired) electrons. The molecule has 1 N–H and O–H groups in total. The first kappa shape index (κ1) is 11.1. The largest absolute Gasteiger partial charge is 0.366 e. The smallest absolute Gasteiger partial charge is 0.165 e. The molecule has 2 unspecified atom stereocenters. The third-order valence-corrected chi connectivity index (χ3v) is 3.18. The van der Waals surface area contributed by atoms with Crippen LogP contribution in [-0.2, 0) is 10.8 Å². The molecule has 0 aliphatic rings. The number of hydrogen-bond acceptors (Lipinski definition) is 3. The second-order valence-corrected chi connectivity index (χ2v) is 4.83. The third-order valence-electron chi connectivity index (χ3n) is 1.88. The zero-order valence-electron chi connectivity index (χ0n) is 8.16. The van der Waals surface area contributed by atoms with E-state index in [1.165, 1.54) is 18.3 Å². The fourth-order valence-electron chi connectivity index (χ4n) is 0.874. The molecule has 0 aliphatic heterocycles. The molecule has 0 saturated heterocycles. The summed E-state index contributed by atoms with van der Waals surface area (Å²) in [4.78, 5) is 3.82. The maximum atomic E-state index is 13.0. The Bertz CT molecular complexity index is 332. The van der Waals surface area contributed by atoms with Crippen molar-refractivity contribution in [3.8, 4) is 0 Å². The first-order chi connectivity index (χ1) is 6.61. The van der Waals surface area contributed by atoms with E-state index in [0.29, 0.717) is 6.54 Å². The molecule has 0 saturated carbocycles. The highest BCUT2D eigenvalue weighted by Crippen LogP contribution is 2.08. The van der Waals surface area contributed by atoms with E-state index in [1.807, 2.05) is 6.92 Å². The fourth-order valence-corrected chi connectivity index (χ4v) is 1.19. The maximum Gasteiger partial charge on any atom is 0.165 e. The molecule has 0 amide bonds. The summed E-state index contributed by atoms with van der Waals surface area (Å²) in [5, 5.41) is 2.80. The Hall–Kier alpha value is -0.970. The maximum absolute atomic E-state index is 13.0. The van der Waals surface area contributed by atoms with Crippen LogP contribution in [0.4, 0.5) is 10.2 Å². The quantitative estimate of drug-likeness (QED) is 0.827. The first-order valence-electron chi connectivity index (χ1n) is 4.28. The Labute approximate surface area is 85.2 Å². The van der Waals surface area contributed by atoms with Gasteiger partial charge >= 0.3 is 0 Å². The van der Waals surface area contributed by atoms with Gasteiger partial charge in [-0.3, -0.25) is 4.21 Å². The van der Waals surface area contributed by atoms with Crippen molar-refractivity contribution >= 4 is 16.6 Å². The second kappa shape index (κ2) is 5.05. The van der Waals surface area contributed by atoms with Crippen molar-refractivity contribution < 1.29 is 8.60 Å². The van der Waals surface area contributed by atoms with Gasteiger partial charge in [0.1, 0.15) is 0 Å². The van der Waals surface area contributed by atoms with Crippen LogP contribution in [0, 0.1) is 5.82 Å². The monoisotopic (exact) mass is 216 g/mol. The standard InChI is InChI=1S/C9H13FN2OS/c1-7(14(2)13)6-12-9-8(10)4-3-5-11-9/h3-5,7H,6H2,1-2H3,(H,11,12). The van der Waals surface area contributed by atoms with Gasteiger partial charge < -0.3 is 5.32 Å². The summed E-state index contributed by atoms with van der Waals surface area (Å²) in [5.74, 6) is -0.175. The molecule has 0 spiro atoms. The number of anilines is 1. The van der Waals surface area contributed by atoms with Gasteiger partial charge in [0.2, 0.25) is 0 Å². The molecular formula is C9H13FN2OS. The molecule has 1 aromatic heterocycles. The lowest BCUT2D eigenvalue weighted by molar-refractivity contribution is 0.624. The minimum absolute atomic E-state index is 0.0172. The van der Waals surface area contributed by atoms with Gasteiger partial charge in [0.25, 0.3) is 0 Å². The average molecular weight is 216 g/mol. The highest BCUT2D eigenvalue weighted by molar-refractivity contribution is 7.84. The molecule has 0 aromatic carbocycles. The summed E-state index contributed by atoms with van der Waals surface area (Å²) < 4.78 is 24.0. The van der Waals surface area contributed by atoms with E-state index in [1.54, 1.807) is 6.26 Å². The lowest BCUT2D eigenvalue weighted by atomic mass is 10.4. The summed E-state index contributed by atoms with van der Waals surface area (Å²) in [6, 6.07) is 2.87. The predicted molar refractivity (Wildman–Crippen MR) is 56.2 cm³/mol. The van der Waals surface area contributed by atoms with Gasteiger partial charge in [-0.2, -0.15) is 0 Å². The minimum atomic E-state index is -0.903. The first-order valence-corrected chi connectivity index (χ1v) is 5.90. The van der Waals surface area contributed by atoms with Gasteiger partial charge in [-0.15, -0.1) is 0 Å². The molecule has 0 bridgehead atoms. The number of nitrogens with zero attached hydrogens (tertiary/aromatic N) is 1. The molecule has 3 nitrogen and oxygen atoms in total. The normalized spacial score (nSPS) is 14.8. The topological polar surface area (TPSA) is 42.0 Å². The lowest BCUT2D eigenvalue weighted by Crippen LogP contribution is -2.21. The van der Waals surface area contributed by atoms with Crippen LogP contribution in [0.1, 0.15) is 6.92 Å². The Morgan fingerprint density at radius 3 is 3.00 bits per heavy atom. The van der Waals surface area contributed by atoms with Gasteiger partial charge in [0.05, 0.1) is 0 Å². The van der Waals surface area contributed by atoms with E-state index < -0.39 is 10.8 Å². The Morgan fingerprint density at radius 1 is 1.71 bits per heavy atom. The van der Waals surface area contributed by atoms with Gasteiger partial charge in [0, 0.05) is 35.0 Å². The molecule has 1 rings (SSSR count). The van der Waals surface area contributed by atoms with Crippen molar-refractivity contribution in [3.63, 3.8) is 0 Å². The van der Waals surface area contributed by atoms with Gasteiger partial charge in [-0.25, -0.2) is 9.37 Å². The number of hydrogen-bond donors (Lipinski definition) is 1. The Balaban J connectivity index is 2.54. The molecule has 14 heavy (non-hydrogen) atoms. The van der Waals surface area contributed by atoms with Crippen molar-refractivity contribution in [1.29, 1.82) is 0 Å². The summed E-state index contributed by atoms with van der Waals surface area (Å²) in [7, 11) is -0.903. The van der Waals surface area contributed by atoms with Gasteiger partial charge in [-0.05, 0) is 19.1 Å². The van der Waals surface area contributed by atoms with E-state index in [0.717, 1.165) is 0 Å². The molecular weight excluding hydrogens is 203 g/mol. The van der Waals surface area contributed by atoms with Crippen LogP contribution >= 0.6 is 0 Å². The van der Waals surface area contributed by atoms with Crippen molar-refractivity contribution in [1.82, 2.24) is 4.98 Å². The molecule has 1 aromatic rings. The molecule has 2 atom stereocenters. The van der Waals surface area contributed by atoms with Crippen LogP contribution < -0.4 is 5.32 Å². The third kappa shape index (κ3) is 3.06. The van der Waals surface area contributed by atoms with Gasteiger partial charge in [0.15, 0.2) is 11.6 Å². The summed E-state index contributed by atoms with van der Waals surface area (Å²) in [5.41, 5.74) is 0. The van der Waals surface area contributed by atoms with E-state index >= 15 is 0 Å². The summed E-state index contributed by atoms with van der Waals surface area (Å²) >= 11 is 0. The SMILES string of the molecule is CC(CNc1ncccc1F)S(C)=O. The Morgan fingerprint density at radius 2 is 2.43 bits per heavy atom. The van der Waals surface area contributed by atoms with Crippen LogP contribution in [0.2, 0.25) is 0 Å². The molecule has 78 valence electrons. The number of pyridine rings is 1. The highest BCUT2D eigenvalue weighted by atomic mass is 32.2. The molecule has 5 heteroatoms. The van der Waals surface area contributed by atoms with Crippen LogP contribution in [0.5, 0.6) is 0 Å². The van der Waals surface area contributed by atoms with Crippen LogP contribution in [0.25, 0.3) is 0 Å². The van der Waals surface area contributed by atoms with Crippen LogP contribution in [0.3, 0.4) is 0 Å². The van der Waals surface area contributed by atoms with Crippen molar-refractivity contribution in [2.45, 2.75) is 12.2 Å². The number of rotatable bonds is 4. The molecule has 1 heterocycles. The average Bonchev–Trinajstić information content (AvgIpc) is 2.16. The highest BCUT2D eigenvalue weighted by Gasteiger charge is 2.07. The molecule has 0 aliphatic carbocycles. The number of halogens is 1. The zero-order chi connectivity index (χ0) is 10.6. The number of nitrogens with one attached hydrogen (secondary N) is 1. The fraction of sp³-hybridized carbons (Fsp3) is 0.444. The molecule has 0 fully saturated rings. The van der Waals surface area contributed by atoms with Crippen molar-refractivity contribution in [2.24, 2.45) is 0 Å². The zero-order valence-corrected chi connectivity index (χ0v) is 8.97. The summed E-state index contributed by atoms with van der Waals surface area (Å²) in [6.45, 7) is 2.29. The Kier molecular flexibility index (Phi) is 4.00. The van der Waals surface area contributed by atoms with E-state index in [9.17, 15) is 8.60 Å². The van der Waals surface area contributed by atoms with Crippen LogP contribution in [0.15, 0.2) is 18.3 Å². The predicted octanol–water partition coefficient (Wildman–Crippen LogP) is 1.40. The van der Waals surface area contributed by atoms with Crippen molar-refractivity contribution in [2.75, 3.05) is 18.1 Å².